The van der Waals surface area contributed by atoms with Gasteiger partial charge in [-0.3, -0.25) is 9.59 Å². The Morgan fingerprint density at radius 3 is 2.55 bits per heavy atom. The molecule has 0 bridgehead atoms. The van der Waals surface area contributed by atoms with Gasteiger partial charge in [0.15, 0.2) is 12.0 Å². The van der Waals surface area contributed by atoms with Crippen molar-refractivity contribution in [2.24, 2.45) is 0 Å². The van der Waals surface area contributed by atoms with E-state index in [0.29, 0.717) is 27.3 Å². The first kappa shape index (κ1) is 20.7. The molecule has 1 atom stereocenters. The molecule has 4 aromatic rings. The van der Waals surface area contributed by atoms with Crippen molar-refractivity contribution in [2.45, 2.75) is 13.0 Å². The largest absolute Gasteiger partial charge is 0.484 e. The minimum Gasteiger partial charge on any atom is -0.484 e. The summed E-state index contributed by atoms with van der Waals surface area (Å²) in [6, 6.07) is 21.4. The minimum atomic E-state index is -0.240. The third kappa shape index (κ3) is 4.78. The molecule has 5 nitrogen and oxygen atoms in total. The highest BCUT2D eigenvalue weighted by Gasteiger charge is 2.12. The molecule has 1 heterocycles. The molecule has 1 amide bonds. The van der Waals surface area contributed by atoms with Gasteiger partial charge in [-0.25, -0.2) is 0 Å². The van der Waals surface area contributed by atoms with Crippen molar-refractivity contribution in [1.82, 2.24) is 5.32 Å². The first-order valence-electron chi connectivity index (χ1n) is 9.80. The van der Waals surface area contributed by atoms with Gasteiger partial charge in [-0.15, -0.1) is 0 Å². The molecule has 1 aromatic heterocycles. The number of benzene rings is 3. The van der Waals surface area contributed by atoms with E-state index < -0.39 is 0 Å². The summed E-state index contributed by atoms with van der Waals surface area (Å²) in [4.78, 5) is 25.1. The van der Waals surface area contributed by atoms with Crippen molar-refractivity contribution in [3.8, 4) is 16.9 Å². The zero-order valence-electron chi connectivity index (χ0n) is 16.8. The van der Waals surface area contributed by atoms with E-state index in [-0.39, 0.29) is 24.0 Å². The van der Waals surface area contributed by atoms with Gasteiger partial charge < -0.3 is 14.5 Å². The van der Waals surface area contributed by atoms with Crippen LogP contribution >= 0.6 is 11.6 Å². The van der Waals surface area contributed by atoms with Crippen molar-refractivity contribution in [3.63, 3.8) is 0 Å². The summed E-state index contributed by atoms with van der Waals surface area (Å²) < 4.78 is 11.3. The third-order valence-corrected chi connectivity index (χ3v) is 5.20. The zero-order chi connectivity index (χ0) is 21.8. The standard InChI is InChI=1S/C25H20ClNO4/c1-16(17-5-3-2-4-6-17)27-24(28)15-30-20-11-12-21-23(13-20)31-14-22(25(21)29)18-7-9-19(26)10-8-18/h2-14,16H,15H2,1H3,(H,27,28). The predicted octanol–water partition coefficient (Wildman–Crippen LogP) is 5.37. The van der Waals surface area contributed by atoms with Crippen molar-refractivity contribution >= 4 is 28.5 Å². The van der Waals surface area contributed by atoms with Crippen LogP contribution in [0.4, 0.5) is 0 Å². The maximum atomic E-state index is 12.8. The lowest BCUT2D eigenvalue weighted by atomic mass is 10.1. The summed E-state index contributed by atoms with van der Waals surface area (Å²) in [5.41, 5.74) is 2.43. The van der Waals surface area contributed by atoms with E-state index in [4.69, 9.17) is 20.8 Å². The summed E-state index contributed by atoms with van der Waals surface area (Å²) in [7, 11) is 0. The summed E-state index contributed by atoms with van der Waals surface area (Å²) in [5, 5.41) is 3.92. The highest BCUT2D eigenvalue weighted by molar-refractivity contribution is 6.30. The Morgan fingerprint density at radius 1 is 1.06 bits per heavy atom. The van der Waals surface area contributed by atoms with Crippen LogP contribution in [0.2, 0.25) is 5.02 Å². The number of nitrogens with one attached hydrogen (secondary N) is 1. The average molecular weight is 434 g/mol. The first-order valence-corrected chi connectivity index (χ1v) is 10.2. The fraction of sp³-hybridized carbons (Fsp3) is 0.120. The molecule has 0 saturated heterocycles. The Kier molecular flexibility index (Phi) is 6.05. The fourth-order valence-corrected chi connectivity index (χ4v) is 3.41. The van der Waals surface area contributed by atoms with Gasteiger partial charge in [-0.1, -0.05) is 54.1 Å². The molecule has 156 valence electrons. The van der Waals surface area contributed by atoms with Crippen LogP contribution in [-0.2, 0) is 4.79 Å². The van der Waals surface area contributed by atoms with E-state index in [1.807, 2.05) is 37.3 Å². The molecular formula is C25H20ClNO4. The maximum absolute atomic E-state index is 12.8. The van der Waals surface area contributed by atoms with E-state index in [9.17, 15) is 9.59 Å². The number of carbonyl (C=O) groups excluding carboxylic acids is 1. The highest BCUT2D eigenvalue weighted by atomic mass is 35.5. The molecule has 31 heavy (non-hydrogen) atoms. The number of fused-ring (bicyclic) bond motifs is 1. The number of rotatable bonds is 6. The van der Waals surface area contributed by atoms with Gasteiger partial charge in [0, 0.05) is 11.1 Å². The SMILES string of the molecule is CC(NC(=O)COc1ccc2c(=O)c(-c3ccc(Cl)cc3)coc2c1)c1ccccc1. The van der Waals surface area contributed by atoms with E-state index >= 15 is 0 Å². The van der Waals surface area contributed by atoms with Gasteiger partial charge in [0.1, 0.15) is 17.6 Å². The van der Waals surface area contributed by atoms with E-state index in [1.54, 1.807) is 42.5 Å². The minimum absolute atomic E-state index is 0.127. The molecule has 0 aliphatic rings. The molecule has 0 fully saturated rings. The molecule has 3 aromatic carbocycles. The molecule has 0 radical (unpaired) electrons. The summed E-state index contributed by atoms with van der Waals surface area (Å²) in [6.45, 7) is 1.77. The Hall–Kier alpha value is -3.57. The average Bonchev–Trinajstić information content (AvgIpc) is 2.79. The van der Waals surface area contributed by atoms with E-state index in [0.717, 1.165) is 11.1 Å². The number of halogens is 1. The topological polar surface area (TPSA) is 68.5 Å². The van der Waals surface area contributed by atoms with Crippen LogP contribution in [0.1, 0.15) is 18.5 Å². The molecule has 0 saturated carbocycles. The number of ether oxygens (including phenoxy) is 1. The Labute approximate surface area is 184 Å². The van der Waals surface area contributed by atoms with Crippen LogP contribution in [0.25, 0.3) is 22.1 Å². The van der Waals surface area contributed by atoms with Gasteiger partial charge in [-0.05, 0) is 42.3 Å². The predicted molar refractivity (Wildman–Crippen MR) is 121 cm³/mol. The number of hydrogen-bond acceptors (Lipinski definition) is 4. The third-order valence-electron chi connectivity index (χ3n) is 4.95. The normalized spacial score (nSPS) is 11.8. The molecule has 4 rings (SSSR count). The molecule has 1 N–H and O–H groups in total. The quantitative estimate of drug-likeness (QED) is 0.444. The maximum Gasteiger partial charge on any atom is 0.258 e. The van der Waals surface area contributed by atoms with Crippen molar-refractivity contribution in [1.29, 1.82) is 0 Å². The van der Waals surface area contributed by atoms with Crippen LogP contribution in [0.5, 0.6) is 5.75 Å². The molecule has 6 heteroatoms. The Morgan fingerprint density at radius 2 is 1.81 bits per heavy atom. The van der Waals surface area contributed by atoms with Crippen LogP contribution in [-0.4, -0.2) is 12.5 Å². The van der Waals surface area contributed by atoms with Crippen molar-refractivity contribution < 1.29 is 13.9 Å². The molecule has 0 aliphatic heterocycles. The van der Waals surface area contributed by atoms with Crippen LogP contribution in [0.3, 0.4) is 0 Å². The second-order valence-corrected chi connectivity index (χ2v) is 7.57. The van der Waals surface area contributed by atoms with Crippen molar-refractivity contribution in [3.05, 3.63) is 99.9 Å². The van der Waals surface area contributed by atoms with E-state index in [2.05, 4.69) is 5.32 Å². The van der Waals surface area contributed by atoms with Crippen LogP contribution in [0, 0.1) is 0 Å². The lowest BCUT2D eigenvalue weighted by Gasteiger charge is -2.14. The molecule has 0 spiro atoms. The Balaban J connectivity index is 1.46. The smallest absolute Gasteiger partial charge is 0.258 e. The van der Waals surface area contributed by atoms with Crippen LogP contribution < -0.4 is 15.5 Å². The van der Waals surface area contributed by atoms with Gasteiger partial charge in [-0.2, -0.15) is 0 Å². The second-order valence-electron chi connectivity index (χ2n) is 7.13. The van der Waals surface area contributed by atoms with Gasteiger partial charge >= 0.3 is 0 Å². The van der Waals surface area contributed by atoms with Gasteiger partial charge in [0.25, 0.3) is 5.91 Å². The van der Waals surface area contributed by atoms with Gasteiger partial charge in [0.05, 0.1) is 17.0 Å². The number of amides is 1. The zero-order valence-corrected chi connectivity index (χ0v) is 17.6. The first-order chi connectivity index (χ1) is 15.0. The molecule has 0 aliphatic carbocycles. The summed E-state index contributed by atoms with van der Waals surface area (Å²) in [6.07, 6.45) is 1.42. The van der Waals surface area contributed by atoms with E-state index in [1.165, 1.54) is 6.26 Å². The van der Waals surface area contributed by atoms with Gasteiger partial charge in [0.2, 0.25) is 0 Å². The summed E-state index contributed by atoms with van der Waals surface area (Å²) >= 11 is 5.92. The monoisotopic (exact) mass is 433 g/mol. The lowest BCUT2D eigenvalue weighted by molar-refractivity contribution is -0.123. The van der Waals surface area contributed by atoms with Crippen LogP contribution in [0.15, 0.2) is 88.3 Å². The second kappa shape index (κ2) is 9.06. The fourth-order valence-electron chi connectivity index (χ4n) is 3.28. The molecule has 1 unspecified atom stereocenters. The number of hydrogen-bond donors (Lipinski definition) is 1. The molecular weight excluding hydrogens is 414 g/mol. The lowest BCUT2D eigenvalue weighted by Crippen LogP contribution is -2.31. The Bertz CT molecular complexity index is 1270. The summed E-state index contributed by atoms with van der Waals surface area (Å²) in [5.74, 6) is 0.202. The highest BCUT2D eigenvalue weighted by Crippen LogP contribution is 2.24. The van der Waals surface area contributed by atoms with Crippen molar-refractivity contribution in [2.75, 3.05) is 6.61 Å². The number of carbonyl (C=O) groups is 1.